The molecule has 0 aromatic rings. The summed E-state index contributed by atoms with van der Waals surface area (Å²) in [5.41, 5.74) is 0. The Labute approximate surface area is 101 Å². The van der Waals surface area contributed by atoms with Crippen molar-refractivity contribution in [2.45, 2.75) is 45.2 Å². The lowest BCUT2D eigenvalue weighted by atomic mass is 10.2. The number of carbonyl (C=O) groups excluding carboxylic acids is 1. The highest BCUT2D eigenvalue weighted by Crippen LogP contribution is 2.03. The van der Waals surface area contributed by atoms with Gasteiger partial charge in [-0.25, -0.2) is 4.79 Å². The number of ether oxygens (including phenoxy) is 1. The monoisotopic (exact) mass is 244 g/mol. The molecule has 4 heteroatoms. The lowest BCUT2D eigenvalue weighted by molar-refractivity contribution is -0.137. The third-order valence-corrected chi connectivity index (χ3v) is 4.99. The summed E-state index contributed by atoms with van der Waals surface area (Å²) in [6, 6.07) is 2.43. The lowest BCUT2D eigenvalue weighted by Gasteiger charge is -2.11. The SMILES string of the molecule is C=CC(=O)OCCCCCO[SiH](CC)CC. The molecule has 0 aliphatic rings. The van der Waals surface area contributed by atoms with Crippen molar-refractivity contribution >= 4 is 15.0 Å². The van der Waals surface area contributed by atoms with E-state index in [0.29, 0.717) is 6.61 Å². The Kier molecular flexibility index (Phi) is 10.5. The summed E-state index contributed by atoms with van der Waals surface area (Å²) < 4.78 is 10.7. The molecule has 0 atom stereocenters. The van der Waals surface area contributed by atoms with Gasteiger partial charge < -0.3 is 9.16 Å². The van der Waals surface area contributed by atoms with E-state index in [4.69, 9.17) is 9.16 Å². The van der Waals surface area contributed by atoms with Crippen LogP contribution in [-0.2, 0) is 14.0 Å². The fraction of sp³-hybridized carbons (Fsp3) is 0.750. The summed E-state index contributed by atoms with van der Waals surface area (Å²) in [6.45, 7) is 9.11. The van der Waals surface area contributed by atoms with Gasteiger partial charge in [0, 0.05) is 12.7 Å². The van der Waals surface area contributed by atoms with Crippen molar-refractivity contribution in [2.75, 3.05) is 13.2 Å². The second-order valence-electron chi connectivity index (χ2n) is 3.74. The number of hydrogen-bond donors (Lipinski definition) is 0. The largest absolute Gasteiger partial charge is 0.463 e. The second kappa shape index (κ2) is 10.9. The number of carbonyl (C=O) groups is 1. The minimum Gasteiger partial charge on any atom is -0.463 e. The molecule has 0 amide bonds. The zero-order valence-electron chi connectivity index (χ0n) is 10.5. The van der Waals surface area contributed by atoms with E-state index in [1.54, 1.807) is 0 Å². The first-order valence-corrected chi connectivity index (χ1v) is 8.25. The molecule has 0 bridgehead atoms. The molecule has 0 aliphatic heterocycles. The minimum atomic E-state index is -0.871. The summed E-state index contributed by atoms with van der Waals surface area (Å²) in [5.74, 6) is -0.333. The van der Waals surface area contributed by atoms with E-state index in [-0.39, 0.29) is 5.97 Å². The zero-order chi connectivity index (χ0) is 12.2. The van der Waals surface area contributed by atoms with Gasteiger partial charge in [0.2, 0.25) is 0 Å². The fourth-order valence-corrected chi connectivity index (χ4v) is 2.94. The van der Waals surface area contributed by atoms with Crippen molar-refractivity contribution in [2.24, 2.45) is 0 Å². The molecule has 0 aromatic heterocycles. The van der Waals surface area contributed by atoms with Crippen molar-refractivity contribution in [1.29, 1.82) is 0 Å². The van der Waals surface area contributed by atoms with Crippen LogP contribution in [0.3, 0.4) is 0 Å². The lowest BCUT2D eigenvalue weighted by Crippen LogP contribution is -2.15. The third kappa shape index (κ3) is 8.68. The molecule has 16 heavy (non-hydrogen) atoms. The summed E-state index contributed by atoms with van der Waals surface area (Å²) in [5, 5.41) is 0. The van der Waals surface area contributed by atoms with Crippen LogP contribution in [-0.4, -0.2) is 28.2 Å². The molecule has 0 fully saturated rings. The van der Waals surface area contributed by atoms with Crippen molar-refractivity contribution in [3.05, 3.63) is 12.7 Å². The Morgan fingerprint density at radius 3 is 2.38 bits per heavy atom. The van der Waals surface area contributed by atoms with Gasteiger partial charge in [-0.3, -0.25) is 0 Å². The van der Waals surface area contributed by atoms with E-state index >= 15 is 0 Å². The Bertz CT molecular complexity index is 191. The molecule has 94 valence electrons. The number of esters is 1. The highest BCUT2D eigenvalue weighted by atomic mass is 28.3. The van der Waals surface area contributed by atoms with Gasteiger partial charge in [0.25, 0.3) is 0 Å². The Morgan fingerprint density at radius 1 is 1.19 bits per heavy atom. The van der Waals surface area contributed by atoms with Crippen LogP contribution in [0.1, 0.15) is 33.1 Å². The van der Waals surface area contributed by atoms with Crippen LogP contribution in [0.4, 0.5) is 0 Å². The van der Waals surface area contributed by atoms with Crippen LogP contribution in [0.2, 0.25) is 12.1 Å². The first-order valence-electron chi connectivity index (χ1n) is 6.15. The fourth-order valence-electron chi connectivity index (χ4n) is 1.39. The first kappa shape index (κ1) is 15.4. The van der Waals surface area contributed by atoms with Crippen molar-refractivity contribution in [3.8, 4) is 0 Å². The van der Waals surface area contributed by atoms with Crippen LogP contribution in [0, 0.1) is 0 Å². The highest BCUT2D eigenvalue weighted by Gasteiger charge is 2.04. The highest BCUT2D eigenvalue weighted by molar-refractivity contribution is 6.51. The summed E-state index contributed by atoms with van der Waals surface area (Å²) >= 11 is 0. The van der Waals surface area contributed by atoms with Crippen LogP contribution in [0.5, 0.6) is 0 Å². The number of unbranched alkanes of at least 4 members (excludes halogenated alkanes) is 2. The Hall–Kier alpha value is -0.613. The van der Waals surface area contributed by atoms with Gasteiger partial charge in [0.15, 0.2) is 9.04 Å². The van der Waals surface area contributed by atoms with Crippen molar-refractivity contribution in [3.63, 3.8) is 0 Å². The average Bonchev–Trinajstić information content (AvgIpc) is 2.32. The molecule has 0 saturated heterocycles. The van der Waals surface area contributed by atoms with E-state index < -0.39 is 9.04 Å². The maximum Gasteiger partial charge on any atom is 0.330 e. The smallest absolute Gasteiger partial charge is 0.330 e. The van der Waals surface area contributed by atoms with E-state index in [2.05, 4.69) is 20.4 Å². The zero-order valence-corrected chi connectivity index (χ0v) is 11.7. The van der Waals surface area contributed by atoms with E-state index in [9.17, 15) is 4.79 Å². The predicted molar refractivity (Wildman–Crippen MR) is 69.1 cm³/mol. The molecule has 0 unspecified atom stereocenters. The van der Waals surface area contributed by atoms with Gasteiger partial charge in [-0.15, -0.1) is 0 Å². The standard InChI is InChI=1S/C12H24O3Si/c1-4-12(13)14-10-8-7-9-11-15-16(5-2)6-3/h4,16H,1,5-11H2,2-3H3. The van der Waals surface area contributed by atoms with Gasteiger partial charge in [-0.1, -0.05) is 20.4 Å². The number of hydrogen-bond acceptors (Lipinski definition) is 3. The molecule has 0 rings (SSSR count). The normalized spacial score (nSPS) is 10.4. The van der Waals surface area contributed by atoms with Gasteiger partial charge in [-0.05, 0) is 31.4 Å². The molecular weight excluding hydrogens is 220 g/mol. The molecule has 0 aromatic carbocycles. The van der Waals surface area contributed by atoms with Crippen LogP contribution >= 0.6 is 0 Å². The first-order chi connectivity index (χ1) is 7.74. The average molecular weight is 244 g/mol. The Morgan fingerprint density at radius 2 is 1.81 bits per heavy atom. The van der Waals surface area contributed by atoms with Gasteiger partial charge in [0.1, 0.15) is 0 Å². The molecule has 0 saturated carbocycles. The van der Waals surface area contributed by atoms with Gasteiger partial charge in [-0.2, -0.15) is 0 Å². The summed E-state index contributed by atoms with van der Waals surface area (Å²) in [7, 11) is -0.871. The van der Waals surface area contributed by atoms with Crippen molar-refractivity contribution < 1.29 is 14.0 Å². The molecular formula is C12H24O3Si. The van der Waals surface area contributed by atoms with E-state index in [1.165, 1.54) is 18.2 Å². The van der Waals surface area contributed by atoms with Gasteiger partial charge >= 0.3 is 5.97 Å². The Balaban J connectivity index is 3.21. The number of rotatable bonds is 10. The predicted octanol–water partition coefficient (Wildman–Crippen LogP) is 2.67. The summed E-state index contributed by atoms with van der Waals surface area (Å²) in [6.07, 6.45) is 4.23. The molecule has 0 spiro atoms. The topological polar surface area (TPSA) is 35.5 Å². The molecule has 0 heterocycles. The van der Waals surface area contributed by atoms with Crippen LogP contribution in [0.25, 0.3) is 0 Å². The van der Waals surface area contributed by atoms with E-state index in [1.807, 2.05) is 0 Å². The van der Waals surface area contributed by atoms with E-state index in [0.717, 1.165) is 25.9 Å². The van der Waals surface area contributed by atoms with Crippen molar-refractivity contribution in [1.82, 2.24) is 0 Å². The van der Waals surface area contributed by atoms with Crippen LogP contribution < -0.4 is 0 Å². The third-order valence-electron chi connectivity index (χ3n) is 2.46. The van der Waals surface area contributed by atoms with Crippen LogP contribution in [0.15, 0.2) is 12.7 Å². The quantitative estimate of drug-likeness (QED) is 0.256. The second-order valence-corrected chi connectivity index (χ2v) is 6.95. The molecule has 0 radical (unpaired) electrons. The minimum absolute atomic E-state index is 0.333. The maximum absolute atomic E-state index is 10.7. The van der Waals surface area contributed by atoms with Gasteiger partial charge in [0.05, 0.1) is 6.61 Å². The maximum atomic E-state index is 10.7. The molecule has 0 N–H and O–H groups in total. The molecule has 3 nitrogen and oxygen atoms in total. The summed E-state index contributed by atoms with van der Waals surface area (Å²) in [4.78, 5) is 10.7. The molecule has 0 aliphatic carbocycles.